The first-order chi connectivity index (χ1) is 8.93. The normalized spacial score (nSPS) is 11.4. The van der Waals surface area contributed by atoms with Gasteiger partial charge in [0.05, 0.1) is 0 Å². The number of unbranched alkanes of at least 4 members (excludes halogenated alkanes) is 1. The van der Waals surface area contributed by atoms with E-state index in [1.807, 2.05) is 5.32 Å². The first-order valence-corrected chi connectivity index (χ1v) is 6.11. The standard InChI is InChI=1S/C13H17F3N2O/c1-2-3-7-17-9-10-5-4-6-11(8-10)18-12(19)13(14,15)16/h4-6,8,17H,2-3,7,9H2,1H3,(H,18,19). The topological polar surface area (TPSA) is 41.1 Å². The van der Waals surface area contributed by atoms with Crippen LogP contribution in [0.25, 0.3) is 0 Å². The minimum absolute atomic E-state index is 0.150. The number of rotatable bonds is 6. The molecule has 6 heteroatoms. The molecule has 1 aromatic rings. The summed E-state index contributed by atoms with van der Waals surface area (Å²) >= 11 is 0. The molecule has 0 spiro atoms. The molecule has 0 radical (unpaired) electrons. The minimum atomic E-state index is -4.87. The molecule has 0 atom stereocenters. The molecular formula is C13H17F3N2O. The number of hydrogen-bond acceptors (Lipinski definition) is 2. The summed E-state index contributed by atoms with van der Waals surface area (Å²) in [6.45, 7) is 3.50. The summed E-state index contributed by atoms with van der Waals surface area (Å²) < 4.78 is 36.3. The van der Waals surface area contributed by atoms with Crippen LogP contribution in [0.15, 0.2) is 24.3 Å². The largest absolute Gasteiger partial charge is 0.471 e. The number of hydrogen-bond donors (Lipinski definition) is 2. The van der Waals surface area contributed by atoms with Crippen molar-refractivity contribution >= 4 is 11.6 Å². The van der Waals surface area contributed by atoms with Crippen LogP contribution >= 0.6 is 0 Å². The molecule has 0 aliphatic rings. The highest BCUT2D eigenvalue weighted by molar-refractivity contribution is 5.94. The van der Waals surface area contributed by atoms with Gasteiger partial charge in [-0.25, -0.2) is 0 Å². The van der Waals surface area contributed by atoms with E-state index in [9.17, 15) is 18.0 Å². The fourth-order valence-corrected chi connectivity index (χ4v) is 1.50. The van der Waals surface area contributed by atoms with Gasteiger partial charge in [-0.2, -0.15) is 13.2 Å². The number of benzene rings is 1. The van der Waals surface area contributed by atoms with Gasteiger partial charge in [-0.15, -0.1) is 0 Å². The number of anilines is 1. The van der Waals surface area contributed by atoms with Crippen molar-refractivity contribution in [3.05, 3.63) is 29.8 Å². The van der Waals surface area contributed by atoms with Gasteiger partial charge in [0, 0.05) is 12.2 Å². The summed E-state index contributed by atoms with van der Waals surface area (Å²) in [7, 11) is 0. The number of alkyl halides is 3. The molecule has 2 N–H and O–H groups in total. The van der Waals surface area contributed by atoms with Crippen LogP contribution < -0.4 is 10.6 Å². The van der Waals surface area contributed by atoms with E-state index >= 15 is 0 Å². The highest BCUT2D eigenvalue weighted by atomic mass is 19.4. The molecule has 1 rings (SSSR count). The summed E-state index contributed by atoms with van der Waals surface area (Å²) in [4.78, 5) is 10.8. The second-order valence-electron chi connectivity index (χ2n) is 4.18. The zero-order valence-electron chi connectivity index (χ0n) is 10.7. The summed E-state index contributed by atoms with van der Waals surface area (Å²) in [5.74, 6) is -1.96. The Balaban J connectivity index is 2.55. The molecule has 0 fully saturated rings. The first-order valence-electron chi connectivity index (χ1n) is 6.11. The smallest absolute Gasteiger partial charge is 0.318 e. The Morgan fingerprint density at radius 2 is 2.05 bits per heavy atom. The van der Waals surface area contributed by atoms with Crippen molar-refractivity contribution in [2.45, 2.75) is 32.5 Å². The van der Waals surface area contributed by atoms with Crippen molar-refractivity contribution in [3.8, 4) is 0 Å². The molecule has 0 bridgehead atoms. The molecule has 19 heavy (non-hydrogen) atoms. The first kappa shape index (κ1) is 15.5. The summed E-state index contributed by atoms with van der Waals surface area (Å²) in [5, 5.41) is 5.01. The predicted molar refractivity (Wildman–Crippen MR) is 67.7 cm³/mol. The van der Waals surface area contributed by atoms with Gasteiger partial charge in [0.2, 0.25) is 0 Å². The second kappa shape index (κ2) is 7.13. The molecule has 0 unspecified atom stereocenters. The molecule has 3 nitrogen and oxygen atoms in total. The van der Waals surface area contributed by atoms with E-state index in [1.54, 1.807) is 12.1 Å². The number of nitrogens with one attached hydrogen (secondary N) is 2. The molecule has 1 amide bonds. The summed E-state index contributed by atoms with van der Waals surface area (Å²) in [6, 6.07) is 6.37. The average molecular weight is 274 g/mol. The van der Waals surface area contributed by atoms with Crippen molar-refractivity contribution in [1.82, 2.24) is 5.32 Å². The van der Waals surface area contributed by atoms with Gasteiger partial charge in [-0.05, 0) is 30.7 Å². The number of halogens is 3. The lowest BCUT2D eigenvalue weighted by Gasteiger charge is -2.09. The van der Waals surface area contributed by atoms with Crippen LogP contribution in [0, 0.1) is 0 Å². The SMILES string of the molecule is CCCCNCc1cccc(NC(=O)C(F)(F)F)c1. The van der Waals surface area contributed by atoms with Gasteiger partial charge in [0.25, 0.3) is 0 Å². The molecule has 0 aromatic heterocycles. The lowest BCUT2D eigenvalue weighted by Crippen LogP contribution is -2.29. The molecule has 0 heterocycles. The van der Waals surface area contributed by atoms with Gasteiger partial charge in [-0.1, -0.05) is 25.5 Å². The second-order valence-corrected chi connectivity index (χ2v) is 4.18. The van der Waals surface area contributed by atoms with Crippen LogP contribution in [0.5, 0.6) is 0 Å². The maximum atomic E-state index is 12.1. The van der Waals surface area contributed by atoms with Crippen LogP contribution in [0.1, 0.15) is 25.3 Å². The van der Waals surface area contributed by atoms with Crippen LogP contribution in [0.4, 0.5) is 18.9 Å². The van der Waals surface area contributed by atoms with Crippen molar-refractivity contribution in [3.63, 3.8) is 0 Å². The van der Waals surface area contributed by atoms with E-state index < -0.39 is 12.1 Å². The Hall–Kier alpha value is -1.56. The van der Waals surface area contributed by atoms with Crippen molar-refractivity contribution in [1.29, 1.82) is 0 Å². The van der Waals surface area contributed by atoms with Gasteiger partial charge in [0.15, 0.2) is 0 Å². The lowest BCUT2D eigenvalue weighted by molar-refractivity contribution is -0.167. The van der Waals surface area contributed by atoms with Crippen LogP contribution in [-0.4, -0.2) is 18.6 Å². The zero-order valence-corrected chi connectivity index (χ0v) is 10.7. The third kappa shape index (κ3) is 5.74. The van der Waals surface area contributed by atoms with E-state index in [1.165, 1.54) is 12.1 Å². The predicted octanol–water partition coefficient (Wildman–Crippen LogP) is 3.08. The molecule has 0 saturated carbocycles. The Labute approximate surface area is 110 Å². The van der Waals surface area contributed by atoms with E-state index in [2.05, 4.69) is 12.2 Å². The van der Waals surface area contributed by atoms with E-state index in [-0.39, 0.29) is 5.69 Å². The zero-order chi connectivity index (χ0) is 14.3. The molecule has 0 aliphatic heterocycles. The lowest BCUT2D eigenvalue weighted by atomic mass is 10.2. The van der Waals surface area contributed by atoms with E-state index in [0.29, 0.717) is 6.54 Å². The monoisotopic (exact) mass is 274 g/mol. The summed E-state index contributed by atoms with van der Waals surface area (Å²) in [5.41, 5.74) is 0.980. The Kier molecular flexibility index (Phi) is 5.82. The van der Waals surface area contributed by atoms with Crippen molar-refractivity contribution in [2.75, 3.05) is 11.9 Å². The fraction of sp³-hybridized carbons (Fsp3) is 0.462. The van der Waals surface area contributed by atoms with Gasteiger partial charge >= 0.3 is 12.1 Å². The molecule has 106 valence electrons. The summed E-state index contributed by atoms with van der Waals surface area (Å²) in [6.07, 6.45) is -2.74. The highest BCUT2D eigenvalue weighted by Gasteiger charge is 2.38. The third-order valence-corrected chi connectivity index (χ3v) is 2.48. The minimum Gasteiger partial charge on any atom is -0.318 e. The highest BCUT2D eigenvalue weighted by Crippen LogP contribution is 2.18. The average Bonchev–Trinajstić information content (AvgIpc) is 2.34. The fourth-order valence-electron chi connectivity index (χ4n) is 1.50. The van der Waals surface area contributed by atoms with E-state index in [4.69, 9.17) is 0 Å². The quantitative estimate of drug-likeness (QED) is 0.783. The Bertz CT molecular complexity index is 419. The number of amides is 1. The molecule has 0 saturated heterocycles. The Morgan fingerprint density at radius 3 is 2.68 bits per heavy atom. The van der Waals surface area contributed by atoms with Crippen molar-refractivity contribution < 1.29 is 18.0 Å². The van der Waals surface area contributed by atoms with Gasteiger partial charge in [-0.3, -0.25) is 4.79 Å². The van der Waals surface area contributed by atoms with Crippen LogP contribution in [-0.2, 0) is 11.3 Å². The molecular weight excluding hydrogens is 257 g/mol. The number of carbonyl (C=O) groups excluding carboxylic acids is 1. The van der Waals surface area contributed by atoms with Crippen molar-refractivity contribution in [2.24, 2.45) is 0 Å². The maximum absolute atomic E-state index is 12.1. The molecule has 1 aromatic carbocycles. The van der Waals surface area contributed by atoms with Crippen LogP contribution in [0.3, 0.4) is 0 Å². The van der Waals surface area contributed by atoms with E-state index in [0.717, 1.165) is 24.9 Å². The van der Waals surface area contributed by atoms with Crippen LogP contribution in [0.2, 0.25) is 0 Å². The molecule has 0 aliphatic carbocycles. The maximum Gasteiger partial charge on any atom is 0.471 e. The third-order valence-electron chi connectivity index (χ3n) is 2.48. The Morgan fingerprint density at radius 1 is 1.32 bits per heavy atom. The number of carbonyl (C=O) groups is 1. The van der Waals surface area contributed by atoms with Gasteiger partial charge in [0.1, 0.15) is 0 Å². The van der Waals surface area contributed by atoms with Gasteiger partial charge < -0.3 is 10.6 Å².